The lowest BCUT2D eigenvalue weighted by atomic mass is 10.0. The fourth-order valence-corrected chi connectivity index (χ4v) is 6.04. The molecule has 3 aliphatic heterocycles. The first-order chi connectivity index (χ1) is 15.8. The minimum atomic E-state index is -3.78. The third-order valence-electron chi connectivity index (χ3n) is 6.70. The number of nitrogens with zero attached hydrogens (tertiary/aromatic N) is 5. The Kier molecular flexibility index (Phi) is 7.05. The Balaban J connectivity index is 1.47. The summed E-state index contributed by atoms with van der Waals surface area (Å²) in [6.07, 6.45) is 1.57. The van der Waals surface area contributed by atoms with Gasteiger partial charge in [-0.25, -0.2) is 13.2 Å². The first kappa shape index (κ1) is 23.7. The molecule has 0 radical (unpaired) electrons. The summed E-state index contributed by atoms with van der Waals surface area (Å²) in [5.41, 5.74) is 0.152. The Labute approximate surface area is 194 Å². The van der Waals surface area contributed by atoms with Gasteiger partial charge in [-0.2, -0.15) is 4.31 Å². The summed E-state index contributed by atoms with van der Waals surface area (Å²) < 4.78 is 32.8. The van der Waals surface area contributed by atoms with Gasteiger partial charge in [-0.15, -0.1) is 0 Å². The quantitative estimate of drug-likeness (QED) is 0.474. The Morgan fingerprint density at radius 1 is 1.00 bits per heavy atom. The number of morpholine rings is 1. The fourth-order valence-electron chi connectivity index (χ4n) is 4.54. The number of amides is 2. The van der Waals surface area contributed by atoms with E-state index in [9.17, 15) is 23.3 Å². The third kappa shape index (κ3) is 5.07. The lowest BCUT2D eigenvalue weighted by molar-refractivity contribution is -0.384. The van der Waals surface area contributed by atoms with Crippen LogP contribution in [0.4, 0.5) is 16.2 Å². The Bertz CT molecular complexity index is 981. The van der Waals surface area contributed by atoms with Crippen LogP contribution in [0.3, 0.4) is 0 Å². The van der Waals surface area contributed by atoms with E-state index in [1.165, 1.54) is 22.5 Å². The van der Waals surface area contributed by atoms with Crippen LogP contribution >= 0.6 is 0 Å². The highest BCUT2D eigenvalue weighted by Crippen LogP contribution is 2.33. The molecule has 0 bridgehead atoms. The number of nitro groups is 1. The number of anilines is 1. The molecule has 12 heteroatoms. The first-order valence-electron chi connectivity index (χ1n) is 11.4. The number of carbonyl (C=O) groups is 1. The highest BCUT2D eigenvalue weighted by molar-refractivity contribution is 7.89. The van der Waals surface area contributed by atoms with Crippen molar-refractivity contribution in [3.8, 4) is 0 Å². The summed E-state index contributed by atoms with van der Waals surface area (Å²) in [4.78, 5) is 29.3. The number of piperidine rings is 1. The molecule has 0 atom stereocenters. The number of benzene rings is 1. The van der Waals surface area contributed by atoms with Gasteiger partial charge in [0, 0.05) is 58.4 Å². The molecule has 0 saturated carbocycles. The van der Waals surface area contributed by atoms with Crippen molar-refractivity contribution >= 4 is 27.4 Å². The van der Waals surface area contributed by atoms with Crippen LogP contribution in [0, 0.1) is 16.0 Å². The second-order valence-electron chi connectivity index (χ2n) is 8.85. The molecule has 3 saturated heterocycles. The molecule has 4 rings (SSSR count). The van der Waals surface area contributed by atoms with Crippen molar-refractivity contribution in [2.24, 2.45) is 5.92 Å². The monoisotopic (exact) mass is 481 g/mol. The third-order valence-corrected chi connectivity index (χ3v) is 8.59. The summed E-state index contributed by atoms with van der Waals surface area (Å²) in [5, 5.41) is 11.8. The predicted molar refractivity (Wildman–Crippen MR) is 122 cm³/mol. The van der Waals surface area contributed by atoms with Crippen LogP contribution in [0.2, 0.25) is 0 Å². The predicted octanol–water partition coefficient (Wildman–Crippen LogP) is 1.59. The molecular weight excluding hydrogens is 450 g/mol. The van der Waals surface area contributed by atoms with Gasteiger partial charge in [0.15, 0.2) is 0 Å². The van der Waals surface area contributed by atoms with Gasteiger partial charge in [0.1, 0.15) is 5.69 Å². The second-order valence-corrected chi connectivity index (χ2v) is 10.8. The molecule has 3 heterocycles. The number of hydrogen-bond donors (Lipinski definition) is 0. The van der Waals surface area contributed by atoms with Crippen molar-refractivity contribution in [3.05, 3.63) is 28.3 Å². The minimum Gasteiger partial charge on any atom is -0.378 e. The normalized spacial score (nSPS) is 21.3. The van der Waals surface area contributed by atoms with Gasteiger partial charge in [-0.1, -0.05) is 6.92 Å². The number of rotatable bonds is 4. The Morgan fingerprint density at radius 2 is 1.61 bits per heavy atom. The van der Waals surface area contributed by atoms with Crippen LogP contribution in [0.1, 0.15) is 19.8 Å². The van der Waals surface area contributed by atoms with E-state index in [2.05, 4.69) is 6.92 Å². The molecule has 1 aromatic rings. The smallest absolute Gasteiger partial charge is 0.320 e. The average Bonchev–Trinajstić information content (AvgIpc) is 2.84. The highest BCUT2D eigenvalue weighted by Gasteiger charge is 2.32. The number of carbonyl (C=O) groups excluding carboxylic acids is 1. The molecule has 0 aromatic heterocycles. The van der Waals surface area contributed by atoms with Gasteiger partial charge in [0.05, 0.1) is 23.0 Å². The van der Waals surface area contributed by atoms with Crippen molar-refractivity contribution in [2.75, 3.05) is 70.5 Å². The first-order valence-corrected chi connectivity index (χ1v) is 12.9. The fraction of sp³-hybridized carbons (Fsp3) is 0.667. The zero-order valence-corrected chi connectivity index (χ0v) is 19.7. The van der Waals surface area contributed by atoms with E-state index in [0.29, 0.717) is 77.2 Å². The lowest BCUT2D eigenvalue weighted by Gasteiger charge is -2.39. The van der Waals surface area contributed by atoms with Crippen LogP contribution in [0.25, 0.3) is 0 Å². The molecule has 2 amide bonds. The lowest BCUT2D eigenvalue weighted by Crippen LogP contribution is -2.54. The van der Waals surface area contributed by atoms with Crippen LogP contribution in [-0.2, 0) is 14.8 Å². The number of sulfonamides is 1. The van der Waals surface area contributed by atoms with Gasteiger partial charge in [0.2, 0.25) is 10.0 Å². The maximum Gasteiger partial charge on any atom is 0.320 e. The zero-order chi connectivity index (χ0) is 23.6. The highest BCUT2D eigenvalue weighted by atomic mass is 32.2. The van der Waals surface area contributed by atoms with Crippen LogP contribution in [-0.4, -0.2) is 99.0 Å². The van der Waals surface area contributed by atoms with E-state index in [1.807, 2.05) is 4.90 Å². The molecule has 1 aromatic carbocycles. The van der Waals surface area contributed by atoms with Crippen molar-refractivity contribution < 1.29 is 22.9 Å². The van der Waals surface area contributed by atoms with Crippen molar-refractivity contribution in [3.63, 3.8) is 0 Å². The molecule has 33 heavy (non-hydrogen) atoms. The molecule has 0 unspecified atom stereocenters. The summed E-state index contributed by atoms with van der Waals surface area (Å²) >= 11 is 0. The number of ether oxygens (including phenoxy) is 1. The van der Waals surface area contributed by atoms with Crippen molar-refractivity contribution in [1.82, 2.24) is 14.1 Å². The SMILES string of the molecule is CC1CCN(S(=O)(=O)c2ccc(N3CCN(C(=O)N4CCOCC4)CC3)c([N+](=O)[O-])c2)CC1. The zero-order valence-electron chi connectivity index (χ0n) is 18.9. The van der Waals surface area contributed by atoms with Crippen molar-refractivity contribution in [1.29, 1.82) is 0 Å². The van der Waals surface area contributed by atoms with Gasteiger partial charge >= 0.3 is 6.03 Å². The molecule has 0 aliphatic carbocycles. The largest absolute Gasteiger partial charge is 0.378 e. The van der Waals surface area contributed by atoms with Gasteiger partial charge < -0.3 is 19.4 Å². The van der Waals surface area contributed by atoms with Crippen LogP contribution in [0.15, 0.2) is 23.1 Å². The van der Waals surface area contributed by atoms with Gasteiger partial charge in [-0.05, 0) is 30.9 Å². The molecule has 0 spiro atoms. The van der Waals surface area contributed by atoms with Gasteiger partial charge in [0.25, 0.3) is 5.69 Å². The Hall–Kier alpha value is -2.44. The standard InChI is InChI=1S/C21H31N5O6S/c1-17-4-6-25(7-5-17)33(30,31)18-2-3-19(20(16-18)26(28)29)22-8-10-23(11-9-22)21(27)24-12-14-32-15-13-24/h2-3,16-17H,4-15H2,1H3. The molecule has 0 N–H and O–H groups in total. The molecule has 11 nitrogen and oxygen atoms in total. The van der Waals surface area contributed by atoms with Crippen LogP contribution in [0.5, 0.6) is 0 Å². The molecule has 3 aliphatic rings. The topological polar surface area (TPSA) is 117 Å². The van der Waals surface area contributed by atoms with E-state index in [-0.39, 0.29) is 16.6 Å². The Morgan fingerprint density at radius 3 is 2.21 bits per heavy atom. The maximum absolute atomic E-state index is 13.1. The summed E-state index contributed by atoms with van der Waals surface area (Å²) in [6, 6.07) is 4.12. The van der Waals surface area contributed by atoms with E-state index >= 15 is 0 Å². The summed E-state index contributed by atoms with van der Waals surface area (Å²) in [7, 11) is -3.78. The van der Waals surface area contributed by atoms with E-state index in [4.69, 9.17) is 4.74 Å². The maximum atomic E-state index is 13.1. The van der Waals surface area contributed by atoms with Crippen molar-refractivity contribution in [2.45, 2.75) is 24.7 Å². The summed E-state index contributed by atoms with van der Waals surface area (Å²) in [6.45, 7) is 6.91. The van der Waals surface area contributed by atoms with E-state index < -0.39 is 14.9 Å². The second kappa shape index (κ2) is 9.82. The minimum absolute atomic E-state index is 0.0373. The van der Waals surface area contributed by atoms with E-state index in [1.54, 1.807) is 9.80 Å². The summed E-state index contributed by atoms with van der Waals surface area (Å²) in [5.74, 6) is 0.474. The number of hydrogen-bond acceptors (Lipinski definition) is 7. The van der Waals surface area contributed by atoms with Gasteiger partial charge in [-0.3, -0.25) is 10.1 Å². The molecule has 182 valence electrons. The number of urea groups is 1. The van der Waals surface area contributed by atoms with E-state index in [0.717, 1.165) is 12.8 Å². The average molecular weight is 482 g/mol. The van der Waals surface area contributed by atoms with Crippen LogP contribution < -0.4 is 4.90 Å². The number of nitro benzene ring substituents is 1. The molecule has 3 fully saturated rings. The molecular formula is C21H31N5O6S. The number of piperazine rings is 1.